The average molecular weight is 567 g/mol. The first-order valence-corrected chi connectivity index (χ1v) is 13.9. The Balaban J connectivity index is 1.68. The van der Waals surface area contributed by atoms with Gasteiger partial charge in [0.05, 0.1) is 41.7 Å². The molecule has 0 spiro atoms. The van der Waals surface area contributed by atoms with E-state index >= 15 is 4.39 Å². The van der Waals surface area contributed by atoms with E-state index in [9.17, 15) is 18.0 Å². The van der Waals surface area contributed by atoms with E-state index in [-0.39, 0.29) is 28.4 Å². The fourth-order valence-electron chi connectivity index (χ4n) is 4.77. The zero-order valence-electron chi connectivity index (χ0n) is 22.2. The van der Waals surface area contributed by atoms with Crippen molar-refractivity contribution in [3.63, 3.8) is 0 Å². The highest BCUT2D eigenvalue weighted by Gasteiger charge is 2.37. The number of carbonyl (C=O) groups is 2. The first-order chi connectivity index (χ1) is 18.9. The molecule has 4 aromatic rings. The maximum absolute atomic E-state index is 15.3. The van der Waals surface area contributed by atoms with Crippen molar-refractivity contribution in [3.8, 4) is 11.4 Å². The van der Waals surface area contributed by atoms with Crippen molar-refractivity contribution in [1.29, 1.82) is 0 Å². The Morgan fingerprint density at radius 2 is 1.80 bits per heavy atom. The molecule has 2 heterocycles. The maximum atomic E-state index is 15.3. The second-order valence-electron chi connectivity index (χ2n) is 10.3. The third kappa shape index (κ3) is 4.90. The Hall–Kier alpha value is -4.32. The van der Waals surface area contributed by atoms with Crippen molar-refractivity contribution in [2.75, 3.05) is 7.11 Å². The second-order valence-corrected chi connectivity index (χ2v) is 12.1. The normalized spacial score (nSPS) is 16.9. The number of fused-ring (bicyclic) bond motifs is 3. The van der Waals surface area contributed by atoms with Gasteiger partial charge in [-0.15, -0.1) is 0 Å². The van der Waals surface area contributed by atoms with Crippen LogP contribution in [0.3, 0.4) is 0 Å². The lowest BCUT2D eigenvalue weighted by atomic mass is 10.0. The van der Waals surface area contributed by atoms with Gasteiger partial charge in [0.25, 0.3) is 10.0 Å². The molecule has 0 bridgehead atoms. The van der Waals surface area contributed by atoms with Crippen LogP contribution in [0.5, 0.6) is 0 Å². The second kappa shape index (κ2) is 10.0. The minimum absolute atomic E-state index is 0.0428. The van der Waals surface area contributed by atoms with E-state index in [0.29, 0.717) is 22.0 Å². The molecule has 5 rings (SSSR count). The number of esters is 1. The Morgan fingerprint density at radius 3 is 2.42 bits per heavy atom. The molecular formula is C28H27FN4O6S. The third-order valence-electron chi connectivity index (χ3n) is 6.45. The number of alkyl carbamates (subject to hydrolysis) is 1. The molecule has 0 radical (unpaired) electrons. The molecule has 12 heteroatoms. The van der Waals surface area contributed by atoms with Gasteiger partial charge in [-0.05, 0) is 56.2 Å². The van der Waals surface area contributed by atoms with E-state index < -0.39 is 39.9 Å². The number of rotatable bonds is 5. The molecule has 2 aromatic carbocycles. The Morgan fingerprint density at radius 1 is 1.07 bits per heavy atom. The number of aromatic nitrogens is 3. The van der Waals surface area contributed by atoms with Crippen molar-refractivity contribution in [1.82, 2.24) is 19.3 Å². The van der Waals surface area contributed by atoms with Crippen LogP contribution in [0, 0.1) is 0 Å². The van der Waals surface area contributed by atoms with Crippen LogP contribution in [-0.4, -0.2) is 53.3 Å². The summed E-state index contributed by atoms with van der Waals surface area (Å²) in [5.41, 5.74) is 0.945. The number of halogens is 1. The van der Waals surface area contributed by atoms with Crippen LogP contribution < -0.4 is 5.32 Å². The summed E-state index contributed by atoms with van der Waals surface area (Å²) in [7, 11) is -2.93. The van der Waals surface area contributed by atoms with Gasteiger partial charge in [-0.1, -0.05) is 24.3 Å². The van der Waals surface area contributed by atoms with Gasteiger partial charge in [-0.3, -0.25) is 4.98 Å². The molecule has 0 saturated heterocycles. The predicted molar refractivity (Wildman–Crippen MR) is 144 cm³/mol. The zero-order chi connectivity index (χ0) is 28.8. The summed E-state index contributed by atoms with van der Waals surface area (Å²) in [6.45, 7) is 5.14. The van der Waals surface area contributed by atoms with Crippen molar-refractivity contribution < 1.29 is 31.9 Å². The van der Waals surface area contributed by atoms with E-state index in [1.165, 1.54) is 31.6 Å². The number of ether oxygens (including phenoxy) is 2. The standard InChI is InChI=1S/C28H27FN4O6S/c1-28(2,3)39-27(35)32-25-17-10-11-23-19(18(17)12-20(25)29)13-24(21-14-31-22(15-30-21)26(34)38-4)33(23)40(36,37)16-8-6-5-7-9-16/h5-11,13-15,20,25H,12H2,1-4H3,(H,32,35)/t20-,25+/m0/s1. The number of nitrogens with one attached hydrogen (secondary N) is 1. The lowest BCUT2D eigenvalue weighted by Crippen LogP contribution is -2.37. The molecule has 0 aliphatic heterocycles. The molecule has 208 valence electrons. The number of carbonyl (C=O) groups excluding carboxylic acids is 2. The lowest BCUT2D eigenvalue weighted by Gasteiger charge is -2.23. The number of alkyl halides is 1. The molecule has 1 aliphatic rings. The zero-order valence-corrected chi connectivity index (χ0v) is 23.0. The molecule has 1 amide bonds. The summed E-state index contributed by atoms with van der Waals surface area (Å²) >= 11 is 0. The summed E-state index contributed by atoms with van der Waals surface area (Å²) in [4.78, 5) is 32.7. The van der Waals surface area contributed by atoms with Gasteiger partial charge in [-0.25, -0.2) is 31.4 Å². The molecule has 2 aromatic heterocycles. The van der Waals surface area contributed by atoms with Crippen LogP contribution in [0.2, 0.25) is 0 Å². The minimum Gasteiger partial charge on any atom is -0.464 e. The van der Waals surface area contributed by atoms with E-state index in [4.69, 9.17) is 4.74 Å². The van der Waals surface area contributed by atoms with Crippen molar-refractivity contribution in [2.24, 2.45) is 0 Å². The summed E-state index contributed by atoms with van der Waals surface area (Å²) in [5, 5.41) is 3.10. The molecule has 0 unspecified atom stereocenters. The maximum Gasteiger partial charge on any atom is 0.408 e. The SMILES string of the molecule is COC(=O)c1cnc(-c2cc3c4c(ccc3n2S(=O)(=O)c2ccccc2)[C@@H](NC(=O)OC(C)(C)C)[C@@H](F)C4)cn1. The van der Waals surface area contributed by atoms with Gasteiger partial charge in [-0.2, -0.15) is 0 Å². The highest BCUT2D eigenvalue weighted by atomic mass is 32.2. The van der Waals surface area contributed by atoms with E-state index in [0.717, 1.165) is 3.97 Å². The Kier molecular flexibility index (Phi) is 6.82. The third-order valence-corrected chi connectivity index (χ3v) is 8.19. The highest BCUT2D eigenvalue weighted by Crippen LogP contribution is 2.41. The lowest BCUT2D eigenvalue weighted by molar-refractivity contribution is 0.0478. The average Bonchev–Trinajstić information content (AvgIpc) is 3.46. The number of hydrogen-bond donors (Lipinski definition) is 1. The Labute approximate surface area is 230 Å². The predicted octanol–water partition coefficient (Wildman–Crippen LogP) is 4.58. The topological polar surface area (TPSA) is 129 Å². The summed E-state index contributed by atoms with van der Waals surface area (Å²) in [6.07, 6.45) is 0.224. The molecule has 2 atom stereocenters. The largest absolute Gasteiger partial charge is 0.464 e. The van der Waals surface area contributed by atoms with Gasteiger partial charge in [0.15, 0.2) is 5.69 Å². The van der Waals surface area contributed by atoms with Crippen LogP contribution in [0.1, 0.15) is 48.4 Å². The number of methoxy groups -OCH3 is 1. The molecule has 1 aliphatic carbocycles. The summed E-state index contributed by atoms with van der Waals surface area (Å²) < 4.78 is 54.3. The highest BCUT2D eigenvalue weighted by molar-refractivity contribution is 7.90. The number of nitrogens with zero attached hydrogens (tertiary/aromatic N) is 3. The summed E-state index contributed by atoms with van der Waals surface area (Å²) in [6, 6.07) is 11.7. The van der Waals surface area contributed by atoms with Crippen LogP contribution in [-0.2, 0) is 25.9 Å². The first kappa shape index (κ1) is 27.3. The van der Waals surface area contributed by atoms with Gasteiger partial charge in [0.2, 0.25) is 0 Å². The van der Waals surface area contributed by atoms with Gasteiger partial charge in [0.1, 0.15) is 17.5 Å². The van der Waals surface area contributed by atoms with Crippen molar-refractivity contribution in [3.05, 3.63) is 77.7 Å². The molecule has 1 N–H and O–H groups in total. The monoisotopic (exact) mass is 566 g/mol. The van der Waals surface area contributed by atoms with Crippen LogP contribution in [0.25, 0.3) is 22.3 Å². The molecular weight excluding hydrogens is 539 g/mol. The molecule has 0 saturated carbocycles. The fourth-order valence-corrected chi connectivity index (χ4v) is 6.30. The smallest absolute Gasteiger partial charge is 0.408 e. The fraction of sp³-hybridized carbons (Fsp3) is 0.286. The minimum atomic E-state index is -4.14. The van der Waals surface area contributed by atoms with Crippen molar-refractivity contribution >= 4 is 33.0 Å². The number of amides is 1. The quantitative estimate of drug-likeness (QED) is 0.348. The van der Waals surface area contributed by atoms with E-state index in [1.807, 2.05) is 0 Å². The van der Waals surface area contributed by atoms with Crippen molar-refractivity contribution in [2.45, 2.75) is 49.9 Å². The van der Waals surface area contributed by atoms with E-state index in [2.05, 4.69) is 20.0 Å². The molecule has 40 heavy (non-hydrogen) atoms. The van der Waals surface area contributed by atoms with Gasteiger partial charge >= 0.3 is 12.1 Å². The number of benzene rings is 2. The molecule has 0 fully saturated rings. The van der Waals surface area contributed by atoms with E-state index in [1.54, 1.807) is 57.2 Å². The summed E-state index contributed by atoms with van der Waals surface area (Å²) in [5.74, 6) is -0.688. The number of hydrogen-bond acceptors (Lipinski definition) is 8. The van der Waals surface area contributed by atoms with Crippen LogP contribution in [0.15, 0.2) is 65.8 Å². The van der Waals surface area contributed by atoms with Crippen LogP contribution >= 0.6 is 0 Å². The van der Waals surface area contributed by atoms with Gasteiger partial charge in [0, 0.05) is 11.8 Å². The van der Waals surface area contributed by atoms with Gasteiger partial charge < -0.3 is 14.8 Å². The first-order valence-electron chi connectivity index (χ1n) is 12.4. The van der Waals surface area contributed by atoms with Crippen LogP contribution in [0.4, 0.5) is 9.18 Å². The Bertz CT molecular complexity index is 1710. The molecule has 10 nitrogen and oxygen atoms in total.